The number of Topliss-reactive ketones (excluding diaryl/α,β-unsaturated/α-hetero) is 4. The molecule has 5 aromatic rings. The van der Waals surface area contributed by atoms with Gasteiger partial charge in [0.2, 0.25) is 33.7 Å². The Labute approximate surface area is 555 Å². The van der Waals surface area contributed by atoms with Crippen LogP contribution in [-0.4, -0.2) is 152 Å². The summed E-state index contributed by atoms with van der Waals surface area (Å²) in [6.45, 7) is -0.370. The van der Waals surface area contributed by atoms with Crippen molar-refractivity contribution in [1.82, 2.24) is 31.0 Å². The number of unbranched alkanes of at least 4 members (excludes halogenated alkanes) is 3. The molecule has 0 radical (unpaired) electrons. The van der Waals surface area contributed by atoms with Crippen molar-refractivity contribution in [2.45, 2.75) is 133 Å². The zero-order chi connectivity index (χ0) is 70.5. The Balaban J connectivity index is 1.23. The average molecular weight is 1350 g/mol. The number of carbonyl (C=O) groups excluding carboxylic acids is 9. The highest BCUT2D eigenvalue weighted by Gasteiger charge is 2.35. The summed E-state index contributed by atoms with van der Waals surface area (Å²) in [6.07, 6.45) is -1.18. The number of sulfonamides is 1. The van der Waals surface area contributed by atoms with Crippen LogP contribution in [0.15, 0.2) is 108 Å². The van der Waals surface area contributed by atoms with Crippen LogP contribution in [0.3, 0.4) is 0 Å². The molecule has 5 amide bonds. The molecule has 5 rings (SSSR count). The maximum absolute atomic E-state index is 14.7. The minimum atomic E-state index is -4.55. The van der Waals surface area contributed by atoms with Gasteiger partial charge in [0.1, 0.15) is 17.3 Å². The molecule has 26 nitrogen and oxygen atoms in total. The molecule has 0 aliphatic heterocycles. The number of primary amides is 1. The maximum atomic E-state index is 14.7. The van der Waals surface area contributed by atoms with E-state index < -0.39 is 162 Å². The number of methoxy groups -OCH3 is 1. The molecule has 518 valence electrons. The summed E-state index contributed by atoms with van der Waals surface area (Å²) in [4.78, 5) is 163. The number of carbonyl (C=O) groups is 12. The van der Waals surface area contributed by atoms with Gasteiger partial charge in [0, 0.05) is 131 Å². The average Bonchev–Trinajstić information content (AvgIpc) is 1.45. The number of nitrogens with one attached hydrogen (secondary N) is 6. The number of benzene rings is 4. The second kappa shape index (κ2) is 38.6. The van der Waals surface area contributed by atoms with Crippen molar-refractivity contribution < 1.29 is 90.4 Å². The van der Waals surface area contributed by atoms with E-state index in [1.54, 1.807) is 42.6 Å². The molecule has 96 heavy (non-hydrogen) atoms. The van der Waals surface area contributed by atoms with E-state index in [9.17, 15) is 85.7 Å². The SMILES string of the molecule is COc1ccc(S(=O)(=O)N[C@H](CC(=O)O)C(=O)C[C@@H](CCC(=O)O)C(=O)NCC(=O)C[C@@H](Cc2cccc(F)c2)C(=O)N[C@@H](Cc2c[nH]c3ccccc23)C(=O)C[C@@H](CCC(=O)O)C(=O)NCCCCCC(=O)C[C@@H](CCCCNC(=O)c2ccc(N(C)C)cc2)C(N)=O)cc1. The summed E-state index contributed by atoms with van der Waals surface area (Å²) in [7, 11) is 0.581. The van der Waals surface area contributed by atoms with Gasteiger partial charge in [0.05, 0.1) is 37.1 Å². The summed E-state index contributed by atoms with van der Waals surface area (Å²) in [6, 6.07) is 20.9. The van der Waals surface area contributed by atoms with Crippen LogP contribution >= 0.6 is 0 Å². The molecule has 1 heterocycles. The van der Waals surface area contributed by atoms with Crippen LogP contribution in [0.1, 0.15) is 124 Å². The summed E-state index contributed by atoms with van der Waals surface area (Å²) in [5.41, 5.74) is 8.59. The highest BCUT2D eigenvalue weighted by atomic mass is 32.2. The Bertz CT molecular complexity index is 3650. The molecule has 0 unspecified atom stereocenters. The molecule has 0 spiro atoms. The number of aromatic amines is 1. The number of hydrogen-bond acceptors (Lipinski definition) is 16. The molecule has 4 aromatic carbocycles. The van der Waals surface area contributed by atoms with Crippen LogP contribution in [0.4, 0.5) is 10.1 Å². The minimum absolute atomic E-state index is 0.0532. The number of carboxylic acids is 3. The molecule has 28 heteroatoms. The molecule has 1 aromatic heterocycles. The molecule has 0 bridgehead atoms. The first-order valence-corrected chi connectivity index (χ1v) is 33.0. The third-order valence-corrected chi connectivity index (χ3v) is 17.7. The van der Waals surface area contributed by atoms with Crippen LogP contribution in [0.25, 0.3) is 10.9 Å². The first kappa shape index (κ1) is 77.0. The second-order valence-corrected chi connectivity index (χ2v) is 25.5. The number of H-pyrrole nitrogens is 1. The van der Waals surface area contributed by atoms with E-state index in [0.29, 0.717) is 72.8 Å². The van der Waals surface area contributed by atoms with E-state index in [1.165, 1.54) is 31.4 Å². The highest BCUT2D eigenvalue weighted by Crippen LogP contribution is 2.25. The standard InChI is InChI=1S/C68H85FN8O18S/c1-77(2)50-22-18-43(19-23-50)65(89)71-31-10-8-13-44(64(70)88)34-51(78)15-5-4-9-30-72-66(90)45(20-28-61(82)83)37-59(80)57(36-48-40-73-56-17-7-6-16-55(48)56)75-68(92)47(32-42-12-11-14-49(69)33-42)35-52(79)41-74-67(91)46(21-29-62(84)85)38-60(81)58(39-63(86)87)76-96(93,94)54-26-24-53(95-3)25-27-54/h6-7,11-12,14,16-19,22-27,33,40,44-47,57-58,73,76H,4-5,8-10,13,15,20-21,28-32,34-39,41H2,1-3H3,(H2,70,88)(H,71,89)(H,72,90)(H,74,91)(H,75,92)(H,82,83)(H,84,85)(H,86,87)/t44-,45-,46-,47-,57+,58-/m1/s1. The number of nitrogens with two attached hydrogens (primary N) is 1. The molecular formula is C68H85FN8O18S. The van der Waals surface area contributed by atoms with Gasteiger partial charge in [-0.3, -0.25) is 57.5 Å². The number of rotatable bonds is 46. The number of aliphatic carboxylic acids is 3. The quantitative estimate of drug-likeness (QED) is 0.0218. The van der Waals surface area contributed by atoms with Crippen LogP contribution in [-0.2, 0) is 75.6 Å². The number of carboxylic acid groups (broad SMARTS) is 3. The van der Waals surface area contributed by atoms with Gasteiger partial charge >= 0.3 is 17.9 Å². The number of ether oxygens (including phenoxy) is 1. The fraction of sp³-hybridized carbons (Fsp3) is 0.441. The number of ketones is 4. The van der Waals surface area contributed by atoms with E-state index in [2.05, 4.69) is 26.3 Å². The molecule has 0 aliphatic rings. The van der Waals surface area contributed by atoms with Gasteiger partial charge in [-0.25, -0.2) is 17.5 Å². The predicted octanol–water partition coefficient (Wildman–Crippen LogP) is 5.38. The smallest absolute Gasteiger partial charge is 0.305 e. The Kier molecular flexibility index (Phi) is 31.0. The first-order valence-electron chi connectivity index (χ1n) is 31.5. The third kappa shape index (κ3) is 26.2. The topological polar surface area (TPSA) is 414 Å². The number of amides is 5. The predicted molar refractivity (Wildman–Crippen MR) is 350 cm³/mol. The third-order valence-electron chi connectivity index (χ3n) is 16.2. The van der Waals surface area contributed by atoms with Crippen LogP contribution in [0.2, 0.25) is 0 Å². The number of halogens is 1. The van der Waals surface area contributed by atoms with Gasteiger partial charge in [-0.15, -0.1) is 0 Å². The van der Waals surface area contributed by atoms with Crippen molar-refractivity contribution in [3.05, 3.63) is 126 Å². The lowest BCUT2D eigenvalue weighted by molar-refractivity contribution is -0.140. The molecule has 6 atom stereocenters. The molecule has 0 saturated heterocycles. The molecule has 11 N–H and O–H groups in total. The van der Waals surface area contributed by atoms with E-state index in [1.807, 2.05) is 35.9 Å². The Morgan fingerprint density at radius 3 is 1.82 bits per heavy atom. The van der Waals surface area contributed by atoms with Crippen molar-refractivity contribution in [2.75, 3.05) is 45.7 Å². The number of fused-ring (bicyclic) bond motifs is 1. The van der Waals surface area contributed by atoms with Gasteiger partial charge in [-0.1, -0.05) is 43.2 Å². The van der Waals surface area contributed by atoms with Crippen LogP contribution in [0.5, 0.6) is 5.75 Å². The highest BCUT2D eigenvalue weighted by molar-refractivity contribution is 7.89. The lowest BCUT2D eigenvalue weighted by Gasteiger charge is -2.24. The number of aromatic nitrogens is 1. The number of para-hydroxylation sites is 1. The van der Waals surface area contributed by atoms with Crippen molar-refractivity contribution in [2.24, 2.45) is 29.4 Å². The van der Waals surface area contributed by atoms with E-state index >= 15 is 0 Å². The summed E-state index contributed by atoms with van der Waals surface area (Å²) in [5.74, 6) is -15.6. The molecule has 0 fully saturated rings. The van der Waals surface area contributed by atoms with Gasteiger partial charge < -0.3 is 56.9 Å². The monoisotopic (exact) mass is 1350 g/mol. The zero-order valence-electron chi connectivity index (χ0n) is 53.9. The normalized spacial score (nSPS) is 13.2. The van der Waals surface area contributed by atoms with Gasteiger partial charge in [-0.05, 0) is 123 Å². The number of hydrogen-bond donors (Lipinski definition) is 10. The van der Waals surface area contributed by atoms with Crippen molar-refractivity contribution >= 4 is 97.2 Å². The van der Waals surface area contributed by atoms with E-state index in [0.717, 1.165) is 30.0 Å². The van der Waals surface area contributed by atoms with Gasteiger partial charge in [-0.2, -0.15) is 0 Å². The Morgan fingerprint density at radius 1 is 0.594 bits per heavy atom. The lowest BCUT2D eigenvalue weighted by atomic mass is 9.89. The molecule has 0 aliphatic carbocycles. The van der Waals surface area contributed by atoms with Gasteiger partial charge in [0.25, 0.3) is 5.91 Å². The fourth-order valence-corrected chi connectivity index (χ4v) is 12.0. The van der Waals surface area contributed by atoms with Crippen LogP contribution in [0, 0.1) is 29.5 Å². The van der Waals surface area contributed by atoms with E-state index in [4.69, 9.17) is 10.5 Å². The fourth-order valence-electron chi connectivity index (χ4n) is 10.8. The summed E-state index contributed by atoms with van der Waals surface area (Å²) >= 11 is 0. The molecule has 0 saturated carbocycles. The largest absolute Gasteiger partial charge is 0.497 e. The number of nitrogens with zero attached hydrogens (tertiary/aromatic N) is 1. The molecular weight excluding hydrogens is 1270 g/mol. The second-order valence-electron chi connectivity index (χ2n) is 23.8. The minimum Gasteiger partial charge on any atom is -0.497 e. The van der Waals surface area contributed by atoms with Crippen molar-refractivity contribution in [3.63, 3.8) is 0 Å². The van der Waals surface area contributed by atoms with E-state index in [-0.39, 0.29) is 60.8 Å². The van der Waals surface area contributed by atoms with Crippen molar-refractivity contribution in [1.29, 1.82) is 0 Å². The van der Waals surface area contributed by atoms with Gasteiger partial charge in [0.15, 0.2) is 17.3 Å². The summed E-state index contributed by atoms with van der Waals surface area (Å²) < 4.78 is 48.3. The Hall–Kier alpha value is -9.70. The van der Waals surface area contributed by atoms with Crippen molar-refractivity contribution in [3.8, 4) is 5.75 Å². The first-order chi connectivity index (χ1) is 45.6. The zero-order valence-corrected chi connectivity index (χ0v) is 54.7. The summed E-state index contributed by atoms with van der Waals surface area (Å²) in [5, 5.41) is 40.2. The maximum Gasteiger partial charge on any atom is 0.305 e. The lowest BCUT2D eigenvalue weighted by Crippen LogP contribution is -2.47. The van der Waals surface area contributed by atoms with Crippen LogP contribution < -0.4 is 41.4 Å². The Morgan fingerprint density at radius 2 is 1.21 bits per heavy atom. The number of anilines is 1.